The predicted molar refractivity (Wildman–Crippen MR) is 88.7 cm³/mol. The molecular formula is C13H20BBr2N3O. The Kier molecular flexibility index (Phi) is 5.72. The van der Waals surface area contributed by atoms with Crippen LogP contribution >= 0.6 is 31.9 Å². The van der Waals surface area contributed by atoms with Crippen LogP contribution in [0.1, 0.15) is 25.7 Å². The Bertz CT molecular complexity index is 414. The summed E-state index contributed by atoms with van der Waals surface area (Å²) in [5.74, 6) is 0. The van der Waals surface area contributed by atoms with Gasteiger partial charge in [-0.15, -0.1) is 0 Å². The van der Waals surface area contributed by atoms with Crippen LogP contribution in [0.3, 0.4) is 0 Å². The molecule has 110 valence electrons. The highest BCUT2D eigenvalue weighted by atomic mass is 79.9. The van der Waals surface area contributed by atoms with Crippen LogP contribution in [0.5, 0.6) is 0 Å². The molecule has 0 spiro atoms. The molecule has 2 saturated heterocycles. The minimum Gasteiger partial charge on any atom is -0.437 e. The lowest BCUT2D eigenvalue weighted by atomic mass is 9.77. The first-order valence-electron chi connectivity index (χ1n) is 7.10. The Balaban J connectivity index is 2.00. The molecule has 0 aromatic carbocycles. The van der Waals surface area contributed by atoms with E-state index < -0.39 is 7.05 Å². The fraction of sp³-hybridized carbons (Fsp3) is 0.769. The van der Waals surface area contributed by atoms with Crippen LogP contribution in [0, 0.1) is 11.3 Å². The summed E-state index contributed by atoms with van der Waals surface area (Å²) in [7, 11) is -0.410. The first kappa shape index (κ1) is 16.5. The zero-order valence-electron chi connectivity index (χ0n) is 11.8. The van der Waals surface area contributed by atoms with Crippen molar-refractivity contribution in [2.24, 2.45) is 0 Å². The van der Waals surface area contributed by atoms with Gasteiger partial charge in [-0.05, 0) is 83.0 Å². The van der Waals surface area contributed by atoms with Gasteiger partial charge in [-0.2, -0.15) is 5.26 Å². The standard InChI is InChI=1S/C13H20BBr2N3O/c1-14(20)19-8-4-13(10-17,5-9-19)18-6-2-11(3-7-18)12(15)16/h20H,2-9H2,1H3. The van der Waals surface area contributed by atoms with Crippen LogP contribution in [-0.4, -0.2) is 53.5 Å². The third-order valence-corrected chi connectivity index (χ3v) is 5.72. The fourth-order valence-electron chi connectivity index (χ4n) is 3.16. The highest BCUT2D eigenvalue weighted by molar-refractivity contribution is 9.28. The summed E-state index contributed by atoms with van der Waals surface area (Å²) in [6, 6.07) is 2.57. The smallest absolute Gasteiger partial charge is 0.376 e. The minimum atomic E-state index is -0.410. The summed E-state index contributed by atoms with van der Waals surface area (Å²) in [5, 5.41) is 19.3. The highest BCUT2D eigenvalue weighted by Gasteiger charge is 2.42. The number of hydrogen-bond donors (Lipinski definition) is 1. The van der Waals surface area contributed by atoms with Gasteiger partial charge in [0.05, 0.1) is 9.46 Å². The molecule has 2 heterocycles. The molecule has 20 heavy (non-hydrogen) atoms. The van der Waals surface area contributed by atoms with E-state index in [0.717, 1.165) is 55.3 Å². The molecule has 0 aromatic heterocycles. The van der Waals surface area contributed by atoms with Gasteiger partial charge in [0.15, 0.2) is 0 Å². The quantitative estimate of drug-likeness (QED) is 0.718. The Morgan fingerprint density at radius 3 is 2.20 bits per heavy atom. The molecular weight excluding hydrogens is 385 g/mol. The number of nitrogens with zero attached hydrogens (tertiary/aromatic N) is 3. The summed E-state index contributed by atoms with van der Waals surface area (Å²) in [6.07, 6.45) is 3.66. The van der Waals surface area contributed by atoms with Crippen molar-refractivity contribution >= 4 is 38.9 Å². The SMILES string of the molecule is CB(O)N1CCC(C#N)(N2CCC(=C(Br)Br)CC2)CC1. The predicted octanol–water partition coefficient (Wildman–Crippen LogP) is 2.55. The number of halogens is 2. The maximum atomic E-state index is 9.69. The van der Waals surface area contributed by atoms with Gasteiger partial charge in [0.1, 0.15) is 5.54 Å². The third kappa shape index (κ3) is 3.48. The van der Waals surface area contributed by atoms with Crippen molar-refractivity contribution < 1.29 is 5.02 Å². The van der Waals surface area contributed by atoms with Crippen LogP contribution in [0.4, 0.5) is 0 Å². The number of rotatable bonds is 2. The molecule has 2 aliphatic heterocycles. The highest BCUT2D eigenvalue weighted by Crippen LogP contribution is 2.34. The molecule has 0 atom stereocenters. The van der Waals surface area contributed by atoms with Crippen LogP contribution in [0.15, 0.2) is 8.96 Å². The molecule has 4 nitrogen and oxygen atoms in total. The van der Waals surface area contributed by atoms with Crippen molar-refractivity contribution in [1.29, 1.82) is 5.26 Å². The summed E-state index contributed by atoms with van der Waals surface area (Å²) < 4.78 is 1.07. The van der Waals surface area contributed by atoms with Gasteiger partial charge >= 0.3 is 7.05 Å². The molecule has 0 amide bonds. The summed E-state index contributed by atoms with van der Waals surface area (Å²) in [4.78, 5) is 4.39. The number of nitriles is 1. The second-order valence-corrected chi connectivity index (χ2v) is 8.31. The summed E-state index contributed by atoms with van der Waals surface area (Å²) in [6.45, 7) is 5.28. The summed E-state index contributed by atoms with van der Waals surface area (Å²) >= 11 is 6.97. The maximum absolute atomic E-state index is 9.69. The molecule has 2 aliphatic rings. The van der Waals surface area contributed by atoms with Crippen molar-refractivity contribution in [3.05, 3.63) is 8.96 Å². The van der Waals surface area contributed by atoms with Crippen molar-refractivity contribution in [2.75, 3.05) is 26.2 Å². The van der Waals surface area contributed by atoms with Gasteiger partial charge in [0, 0.05) is 13.1 Å². The van der Waals surface area contributed by atoms with Crippen LogP contribution in [0.2, 0.25) is 6.82 Å². The first-order valence-corrected chi connectivity index (χ1v) is 8.68. The molecule has 0 bridgehead atoms. The fourth-order valence-corrected chi connectivity index (χ4v) is 3.95. The summed E-state index contributed by atoms with van der Waals surface area (Å²) in [5.41, 5.74) is 1.06. The topological polar surface area (TPSA) is 50.5 Å². The van der Waals surface area contributed by atoms with E-state index in [1.165, 1.54) is 5.57 Å². The molecule has 7 heteroatoms. The largest absolute Gasteiger partial charge is 0.437 e. The molecule has 0 aliphatic carbocycles. The van der Waals surface area contributed by atoms with Crippen molar-refractivity contribution in [3.8, 4) is 6.07 Å². The van der Waals surface area contributed by atoms with E-state index >= 15 is 0 Å². The number of likely N-dealkylation sites (tertiary alicyclic amines) is 1. The number of piperidine rings is 2. The molecule has 0 aromatic rings. The Morgan fingerprint density at radius 1 is 1.25 bits per heavy atom. The number of hydrogen-bond acceptors (Lipinski definition) is 4. The minimum absolute atomic E-state index is 0.338. The lowest BCUT2D eigenvalue weighted by Gasteiger charge is -2.46. The first-order chi connectivity index (χ1) is 9.48. The van der Waals surface area contributed by atoms with Crippen LogP contribution < -0.4 is 0 Å². The van der Waals surface area contributed by atoms with Gasteiger partial charge in [0.2, 0.25) is 0 Å². The molecule has 2 fully saturated rings. The maximum Gasteiger partial charge on any atom is 0.376 e. The normalized spacial score (nSPS) is 24.2. The van der Waals surface area contributed by atoms with E-state index in [2.05, 4.69) is 42.8 Å². The molecule has 2 rings (SSSR count). The second-order valence-electron chi connectivity index (χ2n) is 5.66. The van der Waals surface area contributed by atoms with E-state index in [0.29, 0.717) is 0 Å². The van der Waals surface area contributed by atoms with Crippen molar-refractivity contribution in [3.63, 3.8) is 0 Å². The monoisotopic (exact) mass is 403 g/mol. The van der Waals surface area contributed by atoms with E-state index in [1.807, 2.05) is 4.81 Å². The lowest BCUT2D eigenvalue weighted by Crippen LogP contribution is -2.58. The zero-order valence-corrected chi connectivity index (χ0v) is 15.0. The average molecular weight is 405 g/mol. The van der Waals surface area contributed by atoms with Gasteiger partial charge in [-0.1, -0.05) is 0 Å². The van der Waals surface area contributed by atoms with Gasteiger partial charge in [-0.3, -0.25) is 4.90 Å². The molecule has 0 saturated carbocycles. The van der Waals surface area contributed by atoms with Crippen LogP contribution in [-0.2, 0) is 0 Å². The van der Waals surface area contributed by atoms with Gasteiger partial charge in [-0.25, -0.2) is 0 Å². The van der Waals surface area contributed by atoms with Gasteiger partial charge in [0.25, 0.3) is 0 Å². The molecule has 0 unspecified atom stereocenters. The van der Waals surface area contributed by atoms with Crippen LogP contribution in [0.25, 0.3) is 0 Å². The zero-order chi connectivity index (χ0) is 14.8. The lowest BCUT2D eigenvalue weighted by molar-refractivity contribution is 0.0728. The Morgan fingerprint density at radius 2 is 1.80 bits per heavy atom. The molecule has 0 radical (unpaired) electrons. The van der Waals surface area contributed by atoms with Crippen molar-refractivity contribution in [2.45, 2.75) is 38.0 Å². The third-order valence-electron chi connectivity index (χ3n) is 4.60. The van der Waals surface area contributed by atoms with E-state index in [1.54, 1.807) is 6.82 Å². The Hall–Kier alpha value is 0.135. The van der Waals surface area contributed by atoms with E-state index in [-0.39, 0.29) is 5.54 Å². The second kappa shape index (κ2) is 6.93. The van der Waals surface area contributed by atoms with Crippen molar-refractivity contribution in [1.82, 2.24) is 9.71 Å². The van der Waals surface area contributed by atoms with E-state index in [9.17, 15) is 10.3 Å². The Labute approximate surface area is 138 Å². The average Bonchev–Trinajstić information content (AvgIpc) is 2.47. The molecule has 1 N–H and O–H groups in total. The van der Waals surface area contributed by atoms with E-state index in [4.69, 9.17) is 0 Å². The van der Waals surface area contributed by atoms with Gasteiger partial charge < -0.3 is 9.83 Å².